The van der Waals surface area contributed by atoms with Crippen LogP contribution in [0.3, 0.4) is 0 Å². The highest BCUT2D eigenvalue weighted by Crippen LogP contribution is 2.33. The Hall–Kier alpha value is -0.610. The van der Waals surface area contributed by atoms with E-state index in [0.717, 1.165) is 25.8 Å². The Labute approximate surface area is 109 Å². The predicted octanol–water partition coefficient (Wildman–Crippen LogP) is 0.726. The molecule has 5 unspecified atom stereocenters. The molecule has 0 saturated carbocycles. The van der Waals surface area contributed by atoms with Crippen molar-refractivity contribution < 1.29 is 4.79 Å². The van der Waals surface area contributed by atoms with Crippen LogP contribution in [0.1, 0.15) is 39.0 Å². The summed E-state index contributed by atoms with van der Waals surface area (Å²) in [5, 5.41) is 6.83. The highest BCUT2D eigenvalue weighted by molar-refractivity contribution is 5.80. The Morgan fingerprint density at radius 1 is 1.28 bits per heavy atom. The van der Waals surface area contributed by atoms with Crippen LogP contribution in [0.2, 0.25) is 0 Å². The van der Waals surface area contributed by atoms with E-state index in [2.05, 4.69) is 29.5 Å². The van der Waals surface area contributed by atoms with E-state index < -0.39 is 0 Å². The van der Waals surface area contributed by atoms with Crippen molar-refractivity contribution in [2.45, 2.75) is 63.2 Å². The van der Waals surface area contributed by atoms with Crippen molar-refractivity contribution in [1.82, 2.24) is 15.5 Å². The first kappa shape index (κ1) is 12.4. The number of rotatable bonds is 2. The quantitative estimate of drug-likeness (QED) is 0.760. The van der Waals surface area contributed by atoms with Gasteiger partial charge < -0.3 is 15.5 Å². The maximum atomic E-state index is 12.3. The lowest BCUT2D eigenvalue weighted by atomic mass is 9.88. The molecule has 0 aliphatic carbocycles. The summed E-state index contributed by atoms with van der Waals surface area (Å²) in [5.41, 5.74) is 0. The van der Waals surface area contributed by atoms with Gasteiger partial charge in [-0.25, -0.2) is 0 Å². The molecule has 3 rings (SSSR count). The minimum Gasteiger partial charge on any atom is -0.353 e. The first-order valence-electron chi connectivity index (χ1n) is 7.40. The number of piperidine rings is 1. The van der Waals surface area contributed by atoms with Gasteiger partial charge in [-0.1, -0.05) is 0 Å². The average Bonchev–Trinajstić information content (AvgIpc) is 2.96. The summed E-state index contributed by atoms with van der Waals surface area (Å²) in [6.07, 6.45) is 5.70. The normalized spacial score (nSPS) is 44.2. The molecule has 0 radical (unpaired) electrons. The third kappa shape index (κ3) is 2.28. The van der Waals surface area contributed by atoms with Crippen LogP contribution in [0.5, 0.6) is 0 Å². The van der Waals surface area contributed by atoms with E-state index in [4.69, 9.17) is 0 Å². The Kier molecular flexibility index (Phi) is 3.32. The molecule has 0 aromatic rings. The van der Waals surface area contributed by atoms with Gasteiger partial charge in [0.05, 0.1) is 5.92 Å². The van der Waals surface area contributed by atoms with Crippen molar-refractivity contribution in [2.75, 3.05) is 13.6 Å². The minimum absolute atomic E-state index is 0.235. The minimum atomic E-state index is 0.235. The van der Waals surface area contributed by atoms with E-state index in [9.17, 15) is 4.79 Å². The lowest BCUT2D eigenvalue weighted by molar-refractivity contribution is -0.126. The zero-order chi connectivity index (χ0) is 12.7. The van der Waals surface area contributed by atoms with Crippen molar-refractivity contribution in [3.8, 4) is 0 Å². The van der Waals surface area contributed by atoms with Crippen molar-refractivity contribution in [1.29, 1.82) is 0 Å². The van der Waals surface area contributed by atoms with Gasteiger partial charge in [0.2, 0.25) is 5.91 Å². The zero-order valence-electron chi connectivity index (χ0n) is 11.5. The van der Waals surface area contributed by atoms with Crippen LogP contribution < -0.4 is 10.6 Å². The molecule has 3 fully saturated rings. The lowest BCUT2D eigenvalue weighted by Crippen LogP contribution is -2.49. The van der Waals surface area contributed by atoms with Gasteiger partial charge in [0.1, 0.15) is 0 Å². The van der Waals surface area contributed by atoms with E-state index in [-0.39, 0.29) is 5.92 Å². The van der Waals surface area contributed by atoms with Gasteiger partial charge in [0.25, 0.3) is 0 Å². The fraction of sp³-hybridized carbons (Fsp3) is 0.929. The first-order valence-corrected chi connectivity index (χ1v) is 7.40. The first-order chi connectivity index (χ1) is 8.63. The van der Waals surface area contributed by atoms with Crippen LogP contribution in [0.4, 0.5) is 0 Å². The molecule has 0 aromatic heterocycles. The molecule has 3 aliphatic rings. The fourth-order valence-electron chi connectivity index (χ4n) is 3.84. The average molecular weight is 251 g/mol. The Morgan fingerprint density at radius 3 is 2.72 bits per heavy atom. The fourth-order valence-corrected chi connectivity index (χ4v) is 3.84. The number of hydrogen-bond acceptors (Lipinski definition) is 3. The van der Waals surface area contributed by atoms with Gasteiger partial charge in [-0.3, -0.25) is 4.79 Å². The molecule has 2 N–H and O–H groups in total. The van der Waals surface area contributed by atoms with Crippen molar-refractivity contribution in [3.63, 3.8) is 0 Å². The van der Waals surface area contributed by atoms with Gasteiger partial charge in [-0.15, -0.1) is 0 Å². The van der Waals surface area contributed by atoms with Crippen LogP contribution in [0, 0.1) is 5.92 Å². The molecule has 0 aromatic carbocycles. The number of likely N-dealkylation sites (tertiary alicyclic amines) is 1. The Bertz CT molecular complexity index is 333. The molecule has 4 heteroatoms. The molecule has 5 atom stereocenters. The second-order valence-electron chi connectivity index (χ2n) is 6.45. The van der Waals surface area contributed by atoms with E-state index in [1.807, 2.05) is 0 Å². The standard InChI is InChI=1S/C14H25N3O/c1-9-7-11(5-6-17(9)2)16-14(18)12-8-10-3-4-13(12)15-10/h9-13,15H,3-8H2,1-2H3,(H,16,18). The van der Waals surface area contributed by atoms with Crippen LogP contribution in [0.15, 0.2) is 0 Å². The summed E-state index contributed by atoms with van der Waals surface area (Å²) in [4.78, 5) is 14.7. The number of amides is 1. The largest absolute Gasteiger partial charge is 0.353 e. The molecule has 3 saturated heterocycles. The highest BCUT2D eigenvalue weighted by atomic mass is 16.2. The molecule has 102 valence electrons. The Balaban J connectivity index is 1.52. The number of nitrogens with zero attached hydrogens (tertiary/aromatic N) is 1. The van der Waals surface area contributed by atoms with E-state index >= 15 is 0 Å². The number of carbonyl (C=O) groups is 1. The molecular formula is C14H25N3O. The monoisotopic (exact) mass is 251 g/mol. The van der Waals surface area contributed by atoms with Crippen molar-refractivity contribution in [3.05, 3.63) is 0 Å². The summed E-state index contributed by atoms with van der Waals surface area (Å²) in [6, 6.07) is 2.05. The maximum absolute atomic E-state index is 12.3. The highest BCUT2D eigenvalue weighted by Gasteiger charge is 2.43. The van der Waals surface area contributed by atoms with E-state index in [0.29, 0.717) is 30.1 Å². The molecule has 0 spiro atoms. The predicted molar refractivity (Wildman–Crippen MR) is 71.3 cm³/mol. The molecule has 18 heavy (non-hydrogen) atoms. The third-order valence-electron chi connectivity index (χ3n) is 5.19. The number of nitrogens with one attached hydrogen (secondary N) is 2. The Morgan fingerprint density at radius 2 is 2.11 bits per heavy atom. The second kappa shape index (κ2) is 4.82. The molecule has 1 amide bonds. The number of hydrogen-bond donors (Lipinski definition) is 2. The van der Waals surface area contributed by atoms with E-state index in [1.165, 1.54) is 12.8 Å². The molecular weight excluding hydrogens is 226 g/mol. The number of fused-ring (bicyclic) bond motifs is 2. The van der Waals surface area contributed by atoms with Gasteiger partial charge >= 0.3 is 0 Å². The van der Waals surface area contributed by atoms with Crippen LogP contribution >= 0.6 is 0 Å². The summed E-state index contributed by atoms with van der Waals surface area (Å²) in [5.74, 6) is 0.537. The van der Waals surface area contributed by atoms with E-state index in [1.54, 1.807) is 0 Å². The summed E-state index contributed by atoms with van der Waals surface area (Å²) in [7, 11) is 2.17. The van der Waals surface area contributed by atoms with Gasteiger partial charge in [0.15, 0.2) is 0 Å². The molecule has 3 heterocycles. The molecule has 3 aliphatic heterocycles. The van der Waals surface area contributed by atoms with Gasteiger partial charge in [-0.2, -0.15) is 0 Å². The van der Waals surface area contributed by atoms with Crippen LogP contribution in [-0.2, 0) is 4.79 Å². The van der Waals surface area contributed by atoms with Crippen LogP contribution in [0.25, 0.3) is 0 Å². The summed E-state index contributed by atoms with van der Waals surface area (Å²) < 4.78 is 0. The maximum Gasteiger partial charge on any atom is 0.224 e. The van der Waals surface area contributed by atoms with Gasteiger partial charge in [-0.05, 0) is 46.1 Å². The lowest BCUT2D eigenvalue weighted by Gasteiger charge is -2.36. The number of carbonyl (C=O) groups excluding carboxylic acids is 1. The van der Waals surface area contributed by atoms with Gasteiger partial charge in [0, 0.05) is 30.7 Å². The molecule has 4 nitrogen and oxygen atoms in total. The third-order valence-corrected chi connectivity index (χ3v) is 5.19. The second-order valence-corrected chi connectivity index (χ2v) is 6.45. The summed E-state index contributed by atoms with van der Waals surface area (Å²) in [6.45, 7) is 3.35. The SMILES string of the molecule is CC1CC(NC(=O)C2CC3CCC2N3)CCN1C. The molecule has 2 bridgehead atoms. The van der Waals surface area contributed by atoms with Crippen molar-refractivity contribution >= 4 is 5.91 Å². The zero-order valence-corrected chi connectivity index (χ0v) is 11.5. The smallest absolute Gasteiger partial charge is 0.224 e. The summed E-state index contributed by atoms with van der Waals surface area (Å²) >= 11 is 0. The van der Waals surface area contributed by atoms with Crippen molar-refractivity contribution in [2.24, 2.45) is 5.92 Å². The topological polar surface area (TPSA) is 44.4 Å². The van der Waals surface area contributed by atoms with Crippen LogP contribution in [-0.4, -0.2) is 48.6 Å².